The molecule has 1 atom stereocenters. The number of hydrogen-bond donors (Lipinski definition) is 1. The lowest BCUT2D eigenvalue weighted by atomic mass is 9.94. The molecule has 1 fully saturated rings. The van der Waals surface area contributed by atoms with Crippen molar-refractivity contribution in [1.29, 1.82) is 0 Å². The van der Waals surface area contributed by atoms with Gasteiger partial charge in [0.15, 0.2) is 0 Å². The van der Waals surface area contributed by atoms with Gasteiger partial charge in [0.1, 0.15) is 17.3 Å². The maximum atomic E-state index is 13.4. The van der Waals surface area contributed by atoms with Crippen LogP contribution in [-0.2, 0) is 9.59 Å². The van der Waals surface area contributed by atoms with Crippen LogP contribution >= 0.6 is 0 Å². The van der Waals surface area contributed by atoms with Crippen LogP contribution in [-0.4, -0.2) is 77.8 Å². The number of carbonyl (C=O) groups is 2. The molecule has 4 rings (SSSR count). The van der Waals surface area contributed by atoms with Crippen LogP contribution < -0.4 is 9.47 Å². The molecule has 1 saturated heterocycles. The Morgan fingerprint density at radius 1 is 1.08 bits per heavy atom. The Morgan fingerprint density at radius 3 is 2.44 bits per heavy atom. The van der Waals surface area contributed by atoms with E-state index >= 15 is 0 Å². The van der Waals surface area contributed by atoms with Crippen LogP contribution in [0.4, 0.5) is 0 Å². The molecule has 188 valence electrons. The van der Waals surface area contributed by atoms with E-state index in [1.165, 1.54) is 25.3 Å². The molecule has 1 aromatic heterocycles. The highest BCUT2D eigenvalue weighted by molar-refractivity contribution is 6.46. The minimum Gasteiger partial charge on any atom is -0.507 e. The van der Waals surface area contributed by atoms with Gasteiger partial charge < -0.3 is 24.4 Å². The van der Waals surface area contributed by atoms with Crippen molar-refractivity contribution in [3.63, 3.8) is 0 Å². The second-order valence-electron chi connectivity index (χ2n) is 8.79. The number of hydrogen-bond acceptors (Lipinski definition) is 7. The lowest BCUT2D eigenvalue weighted by Gasteiger charge is -2.27. The van der Waals surface area contributed by atoms with E-state index in [1.807, 2.05) is 49.3 Å². The minimum absolute atomic E-state index is 0.0129. The summed E-state index contributed by atoms with van der Waals surface area (Å²) < 4.78 is 12.7. The average Bonchev–Trinajstić information content (AvgIpc) is 3.39. The molecule has 9 nitrogen and oxygen atoms in total. The number of ketones is 1. The number of aliphatic hydroxyl groups is 1. The summed E-state index contributed by atoms with van der Waals surface area (Å²) in [5, 5.41) is 15.9. The Balaban J connectivity index is 1.91. The first kappa shape index (κ1) is 25.0. The Morgan fingerprint density at radius 2 is 1.81 bits per heavy atom. The predicted molar refractivity (Wildman–Crippen MR) is 135 cm³/mol. The molecule has 0 unspecified atom stereocenters. The molecule has 0 spiro atoms. The summed E-state index contributed by atoms with van der Waals surface area (Å²) in [6.45, 7) is 2.61. The monoisotopic (exact) mass is 490 g/mol. The Kier molecular flexibility index (Phi) is 7.12. The van der Waals surface area contributed by atoms with E-state index in [2.05, 4.69) is 5.10 Å². The van der Waals surface area contributed by atoms with Gasteiger partial charge in [0.25, 0.3) is 11.7 Å². The third kappa shape index (κ3) is 4.45. The van der Waals surface area contributed by atoms with Crippen LogP contribution in [0.2, 0.25) is 0 Å². The van der Waals surface area contributed by atoms with Crippen molar-refractivity contribution in [2.24, 2.45) is 0 Å². The van der Waals surface area contributed by atoms with E-state index in [4.69, 9.17) is 9.47 Å². The molecule has 0 saturated carbocycles. The van der Waals surface area contributed by atoms with Gasteiger partial charge in [-0.3, -0.25) is 9.59 Å². The summed E-state index contributed by atoms with van der Waals surface area (Å²) >= 11 is 0. The number of aromatic nitrogens is 2. The normalized spacial score (nSPS) is 17.2. The maximum Gasteiger partial charge on any atom is 0.295 e. The molecule has 36 heavy (non-hydrogen) atoms. The lowest BCUT2D eigenvalue weighted by Crippen LogP contribution is -2.35. The number of nitrogens with zero attached hydrogens (tertiary/aromatic N) is 4. The van der Waals surface area contributed by atoms with Crippen molar-refractivity contribution in [2.45, 2.75) is 13.0 Å². The fraction of sp³-hybridized carbons (Fsp3) is 0.296. The Labute approximate surface area is 210 Å². The SMILES string of the molecule is COc1ccc(OC)c([C@@H]2C(=C(O)c3cnn(-c4ccccc4)c3C)C(=O)C(=O)N2CCN(C)C)c1. The third-order valence-corrected chi connectivity index (χ3v) is 6.33. The van der Waals surface area contributed by atoms with E-state index in [9.17, 15) is 14.7 Å². The first-order chi connectivity index (χ1) is 17.3. The molecule has 1 N–H and O–H groups in total. The number of rotatable bonds is 8. The maximum absolute atomic E-state index is 13.4. The van der Waals surface area contributed by atoms with Gasteiger partial charge in [-0.25, -0.2) is 4.68 Å². The van der Waals surface area contributed by atoms with Crippen LogP contribution in [0.1, 0.15) is 22.9 Å². The number of likely N-dealkylation sites (N-methyl/N-ethyl adjacent to an activating group) is 1. The smallest absolute Gasteiger partial charge is 0.295 e. The molecule has 3 aromatic rings. The molecule has 9 heteroatoms. The van der Waals surface area contributed by atoms with Gasteiger partial charge in [-0.05, 0) is 51.4 Å². The fourth-order valence-corrected chi connectivity index (χ4v) is 4.41. The number of benzene rings is 2. The number of methoxy groups -OCH3 is 2. The van der Waals surface area contributed by atoms with Crippen LogP contribution in [0.5, 0.6) is 11.5 Å². The molecule has 1 aliphatic heterocycles. The summed E-state index contributed by atoms with van der Waals surface area (Å²) in [4.78, 5) is 30.0. The number of carbonyl (C=O) groups excluding carboxylic acids is 2. The number of para-hydroxylation sites is 1. The van der Waals surface area contributed by atoms with E-state index < -0.39 is 17.7 Å². The quantitative estimate of drug-likeness (QED) is 0.294. The fourth-order valence-electron chi connectivity index (χ4n) is 4.41. The van der Waals surface area contributed by atoms with Crippen LogP contribution in [0.3, 0.4) is 0 Å². The Hall–Kier alpha value is -4.11. The van der Waals surface area contributed by atoms with Crippen molar-refractivity contribution < 1.29 is 24.2 Å². The molecular weight excluding hydrogens is 460 g/mol. The van der Waals surface area contributed by atoms with Crippen molar-refractivity contribution in [3.8, 4) is 17.2 Å². The van der Waals surface area contributed by atoms with Gasteiger partial charge in [-0.1, -0.05) is 18.2 Å². The first-order valence-electron chi connectivity index (χ1n) is 11.5. The van der Waals surface area contributed by atoms with Crippen LogP contribution in [0, 0.1) is 6.92 Å². The highest BCUT2D eigenvalue weighted by atomic mass is 16.5. The summed E-state index contributed by atoms with van der Waals surface area (Å²) in [5.41, 5.74) is 2.35. The van der Waals surface area contributed by atoms with E-state index in [-0.39, 0.29) is 17.9 Å². The zero-order valence-electron chi connectivity index (χ0n) is 21.1. The number of likely N-dealkylation sites (tertiary alicyclic amines) is 1. The first-order valence-corrected chi connectivity index (χ1v) is 11.5. The van der Waals surface area contributed by atoms with E-state index in [0.717, 1.165) is 5.69 Å². The molecule has 2 aromatic carbocycles. The van der Waals surface area contributed by atoms with Crippen molar-refractivity contribution >= 4 is 17.4 Å². The van der Waals surface area contributed by atoms with Gasteiger partial charge in [-0.2, -0.15) is 5.10 Å². The second-order valence-corrected chi connectivity index (χ2v) is 8.79. The minimum atomic E-state index is -0.866. The zero-order valence-corrected chi connectivity index (χ0v) is 21.1. The van der Waals surface area contributed by atoms with Gasteiger partial charge >= 0.3 is 0 Å². The number of amides is 1. The van der Waals surface area contributed by atoms with Gasteiger partial charge in [0, 0.05) is 18.7 Å². The Bertz CT molecular complexity index is 1310. The van der Waals surface area contributed by atoms with Crippen molar-refractivity contribution in [1.82, 2.24) is 19.6 Å². The highest BCUT2D eigenvalue weighted by Gasteiger charge is 2.47. The summed E-state index contributed by atoms with van der Waals surface area (Å²) in [6.07, 6.45) is 1.50. The second kappa shape index (κ2) is 10.2. The van der Waals surface area contributed by atoms with Gasteiger partial charge in [0.2, 0.25) is 0 Å². The third-order valence-electron chi connectivity index (χ3n) is 6.33. The molecule has 0 radical (unpaired) electrons. The number of ether oxygens (including phenoxy) is 2. The van der Waals surface area contributed by atoms with Crippen molar-refractivity contribution in [3.05, 3.63) is 77.1 Å². The molecule has 0 aliphatic carbocycles. The lowest BCUT2D eigenvalue weighted by molar-refractivity contribution is -0.140. The number of Topliss-reactive ketones (excluding diaryl/α,β-unsaturated/α-hetero) is 1. The van der Waals surface area contributed by atoms with Crippen LogP contribution in [0.15, 0.2) is 60.3 Å². The topological polar surface area (TPSA) is 97.1 Å². The molecule has 1 amide bonds. The molecule has 2 heterocycles. The van der Waals surface area contributed by atoms with Gasteiger partial charge in [0.05, 0.1) is 49.0 Å². The highest BCUT2D eigenvalue weighted by Crippen LogP contribution is 2.44. The predicted octanol–water partition coefficient (Wildman–Crippen LogP) is 3.18. The van der Waals surface area contributed by atoms with Gasteiger partial charge in [-0.15, -0.1) is 0 Å². The average molecular weight is 491 g/mol. The summed E-state index contributed by atoms with van der Waals surface area (Å²) in [5.74, 6) is -0.707. The van der Waals surface area contributed by atoms with Crippen molar-refractivity contribution in [2.75, 3.05) is 41.4 Å². The summed E-state index contributed by atoms with van der Waals surface area (Å²) in [7, 11) is 6.83. The standard InChI is InChI=1S/C27H30N4O5/c1-17-21(16-28-31(17)18-9-7-6-8-10-18)25(32)23-24(20-15-19(35-4)11-12-22(20)36-5)30(14-13-29(2)3)27(34)26(23)33/h6-12,15-16,24,32H,13-14H2,1-5H3/t24-/m1/s1. The van der Waals surface area contributed by atoms with E-state index in [0.29, 0.717) is 34.9 Å². The number of aliphatic hydroxyl groups excluding tert-OH is 1. The molecular formula is C27H30N4O5. The largest absolute Gasteiger partial charge is 0.507 e. The molecule has 1 aliphatic rings. The van der Waals surface area contributed by atoms with E-state index in [1.54, 1.807) is 29.8 Å². The summed E-state index contributed by atoms with van der Waals surface area (Å²) in [6, 6.07) is 13.8. The zero-order chi connectivity index (χ0) is 26.0. The molecule has 0 bridgehead atoms. The van der Waals surface area contributed by atoms with Crippen LogP contribution in [0.25, 0.3) is 11.4 Å².